The molecule has 0 radical (unpaired) electrons. The van der Waals surface area contributed by atoms with Gasteiger partial charge in [0.1, 0.15) is 15.9 Å². The van der Waals surface area contributed by atoms with Crippen molar-refractivity contribution in [2.24, 2.45) is 11.8 Å². The van der Waals surface area contributed by atoms with E-state index in [1.165, 1.54) is 12.1 Å². The maximum atomic E-state index is 12.5. The fourth-order valence-corrected chi connectivity index (χ4v) is 10.3. The van der Waals surface area contributed by atoms with Crippen LogP contribution in [0.25, 0.3) is 0 Å². The van der Waals surface area contributed by atoms with Gasteiger partial charge in [-0.1, -0.05) is 0 Å². The van der Waals surface area contributed by atoms with Gasteiger partial charge in [0.2, 0.25) is 0 Å². The SMILES string of the molecule is O=C(Oc1cc(I)c(S(=O)(=O)[O-])c(I)c1)C1CC1C(=O)Oc1c(I)cc(I)cc1I. The van der Waals surface area contributed by atoms with Crippen molar-refractivity contribution in [1.82, 2.24) is 0 Å². The Hall–Kier alpha value is 0.940. The van der Waals surface area contributed by atoms with Crippen LogP contribution >= 0.6 is 113 Å². The van der Waals surface area contributed by atoms with E-state index in [2.05, 4.69) is 67.8 Å². The fraction of sp³-hybridized carbons (Fsp3) is 0.176. The van der Waals surface area contributed by atoms with Crippen LogP contribution in [0.2, 0.25) is 0 Å². The first kappa shape index (κ1) is 25.6. The summed E-state index contributed by atoms with van der Waals surface area (Å²) in [6, 6.07) is 6.38. The largest absolute Gasteiger partial charge is 0.744 e. The van der Waals surface area contributed by atoms with Crippen LogP contribution in [0.1, 0.15) is 6.42 Å². The van der Waals surface area contributed by atoms with E-state index in [0.717, 1.165) is 10.7 Å². The van der Waals surface area contributed by atoms with Gasteiger partial charge in [-0.25, -0.2) is 8.42 Å². The molecule has 2 unspecified atom stereocenters. The highest BCUT2D eigenvalue weighted by Gasteiger charge is 2.51. The van der Waals surface area contributed by atoms with Gasteiger partial charge < -0.3 is 14.0 Å². The predicted molar refractivity (Wildman–Crippen MR) is 147 cm³/mol. The van der Waals surface area contributed by atoms with Crippen molar-refractivity contribution in [1.29, 1.82) is 0 Å². The second-order valence-electron chi connectivity index (χ2n) is 6.16. The molecule has 1 aliphatic carbocycles. The molecule has 0 N–H and O–H groups in total. The van der Waals surface area contributed by atoms with Crippen LogP contribution in [-0.4, -0.2) is 24.9 Å². The zero-order valence-corrected chi connectivity index (χ0v) is 25.9. The van der Waals surface area contributed by atoms with Gasteiger partial charge in [0.05, 0.1) is 23.9 Å². The summed E-state index contributed by atoms with van der Waals surface area (Å²) in [5, 5.41) is 0. The van der Waals surface area contributed by atoms with Crippen LogP contribution in [0, 0.1) is 29.7 Å². The second-order valence-corrected chi connectivity index (χ2v) is 13.4. The lowest BCUT2D eigenvalue weighted by Crippen LogP contribution is -2.18. The van der Waals surface area contributed by atoms with E-state index in [4.69, 9.17) is 9.47 Å². The molecule has 0 heterocycles. The Kier molecular flexibility index (Phi) is 8.57. The number of benzene rings is 2. The summed E-state index contributed by atoms with van der Waals surface area (Å²) in [4.78, 5) is 24.5. The average Bonchev–Trinajstić information content (AvgIpc) is 3.36. The van der Waals surface area contributed by atoms with Gasteiger partial charge in [-0.2, -0.15) is 0 Å². The number of hydrogen-bond acceptors (Lipinski definition) is 7. The van der Waals surface area contributed by atoms with E-state index < -0.39 is 33.9 Å². The lowest BCUT2D eigenvalue weighted by Gasteiger charge is -2.13. The standard InChI is InChI=1S/C17H9I5O7S/c18-6-1-10(19)14(11(20)2-6)29-17(24)9-5-8(9)16(23)28-7-3-12(21)15(13(22)4-7)30(25,26)27/h1-4,8-9H,5H2,(H,25,26,27)/p-1. The van der Waals surface area contributed by atoms with Gasteiger partial charge in [-0.15, -0.1) is 0 Å². The summed E-state index contributed by atoms with van der Waals surface area (Å²) in [7, 11) is -4.64. The quantitative estimate of drug-likeness (QED) is 0.184. The number of ether oxygens (including phenoxy) is 2. The number of hydrogen-bond donors (Lipinski definition) is 0. The van der Waals surface area contributed by atoms with Gasteiger partial charge in [0.25, 0.3) is 0 Å². The molecule has 0 aliphatic heterocycles. The molecule has 2 atom stereocenters. The van der Waals surface area contributed by atoms with E-state index >= 15 is 0 Å². The maximum Gasteiger partial charge on any atom is 0.315 e. The van der Waals surface area contributed by atoms with Gasteiger partial charge in [-0.05, 0) is 144 Å². The zero-order chi connectivity index (χ0) is 22.4. The number of carbonyl (C=O) groups excluding carboxylic acids is 2. The minimum Gasteiger partial charge on any atom is -0.744 e. The van der Waals surface area contributed by atoms with Crippen molar-refractivity contribution in [3.05, 3.63) is 42.1 Å². The van der Waals surface area contributed by atoms with Crippen molar-refractivity contribution in [2.75, 3.05) is 0 Å². The van der Waals surface area contributed by atoms with Gasteiger partial charge in [0.15, 0.2) is 5.75 Å². The first-order valence-corrected chi connectivity index (χ1v) is 14.7. The van der Waals surface area contributed by atoms with Crippen molar-refractivity contribution < 1.29 is 32.0 Å². The van der Waals surface area contributed by atoms with Gasteiger partial charge in [-0.3, -0.25) is 9.59 Å². The molecule has 0 amide bonds. The molecule has 2 aromatic rings. The second kappa shape index (κ2) is 10.1. The van der Waals surface area contributed by atoms with Crippen LogP contribution in [-0.2, 0) is 19.7 Å². The summed E-state index contributed by atoms with van der Waals surface area (Å²) in [5.41, 5.74) is 0. The Bertz CT molecular complexity index is 1120. The van der Waals surface area contributed by atoms with Crippen LogP contribution in [0.15, 0.2) is 29.2 Å². The predicted octanol–water partition coefficient (Wildman–Crippen LogP) is 4.76. The normalized spacial score (nSPS) is 18.1. The fourth-order valence-electron chi connectivity index (χ4n) is 2.54. The van der Waals surface area contributed by atoms with E-state index in [1.807, 2.05) is 12.1 Å². The Morgan fingerprint density at radius 1 is 0.833 bits per heavy atom. The number of esters is 2. The summed E-state index contributed by atoms with van der Waals surface area (Å²) in [5.74, 6) is -1.74. The highest BCUT2D eigenvalue weighted by atomic mass is 127. The summed E-state index contributed by atoms with van der Waals surface area (Å²) < 4.78 is 47.8. The highest BCUT2D eigenvalue weighted by molar-refractivity contribution is 14.1. The summed E-state index contributed by atoms with van der Waals surface area (Å²) in [6.07, 6.45) is 0.316. The van der Waals surface area contributed by atoms with E-state index in [1.54, 1.807) is 45.2 Å². The Balaban J connectivity index is 1.67. The van der Waals surface area contributed by atoms with E-state index in [-0.39, 0.29) is 17.8 Å². The first-order valence-electron chi connectivity index (χ1n) is 7.91. The Morgan fingerprint density at radius 2 is 1.30 bits per heavy atom. The zero-order valence-electron chi connectivity index (χ0n) is 14.3. The minimum absolute atomic E-state index is 0.113. The first-order chi connectivity index (χ1) is 13.9. The van der Waals surface area contributed by atoms with Gasteiger partial charge >= 0.3 is 11.9 Å². The molecular formula is C17H8I5O7S-. The third-order valence-corrected chi connectivity index (χ3v) is 9.60. The molecule has 13 heteroatoms. The van der Waals surface area contributed by atoms with Crippen LogP contribution in [0.3, 0.4) is 0 Å². The van der Waals surface area contributed by atoms with Crippen LogP contribution in [0.5, 0.6) is 11.5 Å². The lowest BCUT2D eigenvalue weighted by molar-refractivity contribution is -0.141. The molecule has 3 rings (SSSR count). The van der Waals surface area contributed by atoms with Crippen molar-refractivity contribution >= 4 is 135 Å². The summed E-state index contributed by atoms with van der Waals surface area (Å²) in [6.45, 7) is 0. The lowest BCUT2D eigenvalue weighted by atomic mass is 10.3. The van der Waals surface area contributed by atoms with Crippen molar-refractivity contribution in [2.45, 2.75) is 11.3 Å². The third-order valence-electron chi connectivity index (χ3n) is 4.00. The topological polar surface area (TPSA) is 110 Å². The monoisotopic (exact) mass is 991 g/mol. The molecule has 0 bridgehead atoms. The molecule has 1 saturated carbocycles. The average molecular weight is 991 g/mol. The molecular weight excluding hydrogens is 983 g/mol. The molecule has 0 spiro atoms. The number of rotatable bonds is 5. The van der Waals surface area contributed by atoms with Crippen molar-refractivity contribution in [3.8, 4) is 11.5 Å². The molecule has 160 valence electrons. The van der Waals surface area contributed by atoms with Gasteiger partial charge in [0, 0.05) is 10.7 Å². The van der Waals surface area contributed by atoms with E-state index in [9.17, 15) is 22.6 Å². The Morgan fingerprint density at radius 3 is 1.77 bits per heavy atom. The van der Waals surface area contributed by atoms with Crippen LogP contribution < -0.4 is 9.47 Å². The van der Waals surface area contributed by atoms with Crippen molar-refractivity contribution in [3.63, 3.8) is 0 Å². The number of halogens is 5. The third kappa shape index (κ3) is 6.08. The van der Waals surface area contributed by atoms with Crippen LogP contribution in [0.4, 0.5) is 0 Å². The molecule has 0 aromatic heterocycles. The highest BCUT2D eigenvalue weighted by Crippen LogP contribution is 2.42. The Labute approximate surface area is 240 Å². The maximum absolute atomic E-state index is 12.5. The minimum atomic E-state index is -4.64. The smallest absolute Gasteiger partial charge is 0.315 e. The molecule has 1 aliphatic rings. The molecule has 7 nitrogen and oxygen atoms in total. The van der Waals surface area contributed by atoms with E-state index in [0.29, 0.717) is 12.2 Å². The molecule has 0 saturated heterocycles. The number of carbonyl (C=O) groups is 2. The molecule has 2 aromatic carbocycles. The summed E-state index contributed by atoms with van der Waals surface area (Å²) >= 11 is 9.76. The molecule has 1 fully saturated rings. The molecule has 30 heavy (non-hydrogen) atoms.